The topological polar surface area (TPSA) is 108 Å². The molecule has 0 aliphatic carbocycles. The number of ether oxygens (including phenoxy) is 2. The maximum Gasteiger partial charge on any atom is 0.339 e. The average Bonchev–Trinajstić information content (AvgIpc) is 2.26. The summed E-state index contributed by atoms with van der Waals surface area (Å²) < 4.78 is 8.83. The van der Waals surface area contributed by atoms with E-state index in [-0.39, 0.29) is 5.04 Å². The molecule has 90 valence electrons. The highest BCUT2D eigenvalue weighted by atomic mass is 32.2. The molecule has 16 heavy (non-hydrogen) atoms. The summed E-state index contributed by atoms with van der Waals surface area (Å²) in [5.41, 5.74) is 4.85. The third-order valence-corrected chi connectivity index (χ3v) is 2.30. The van der Waals surface area contributed by atoms with Crippen LogP contribution in [0.1, 0.15) is 0 Å². The summed E-state index contributed by atoms with van der Waals surface area (Å²) >= 11 is 0.941. The van der Waals surface area contributed by atoms with Crippen LogP contribution >= 0.6 is 11.8 Å². The monoisotopic (exact) mass is 248 g/mol. The van der Waals surface area contributed by atoms with Crippen LogP contribution in [0.5, 0.6) is 0 Å². The number of methoxy groups -OCH3 is 2. The molecule has 0 aliphatic heterocycles. The van der Waals surface area contributed by atoms with E-state index in [1.54, 1.807) is 6.26 Å². The highest BCUT2D eigenvalue weighted by Crippen LogP contribution is 2.14. The molecule has 0 aromatic carbocycles. The van der Waals surface area contributed by atoms with Gasteiger partial charge in [0.2, 0.25) is 5.92 Å². The highest BCUT2D eigenvalue weighted by Gasteiger charge is 2.34. The van der Waals surface area contributed by atoms with Crippen LogP contribution in [0, 0.1) is 5.92 Å². The van der Waals surface area contributed by atoms with Crippen LogP contribution in [0.2, 0.25) is 0 Å². The normalized spacial score (nSPS) is 11.1. The van der Waals surface area contributed by atoms with E-state index in [1.165, 1.54) is 0 Å². The number of nitrogens with two attached hydrogens (primary N) is 1. The van der Waals surface area contributed by atoms with Crippen LogP contribution in [0.4, 0.5) is 4.79 Å². The molecule has 0 rings (SSSR count). The Balaban J connectivity index is 5.22. The number of carbonyl (C=O) groups is 3. The van der Waals surface area contributed by atoms with Crippen LogP contribution in [0.15, 0.2) is 4.99 Å². The van der Waals surface area contributed by atoms with E-state index in [0.29, 0.717) is 0 Å². The summed E-state index contributed by atoms with van der Waals surface area (Å²) in [5.74, 6) is -3.10. The predicted octanol–water partition coefficient (Wildman–Crippen LogP) is -0.211. The number of carbonyl (C=O) groups excluding carboxylic acids is 3. The molecule has 0 aromatic heterocycles. The highest BCUT2D eigenvalue weighted by molar-refractivity contribution is 8.13. The Morgan fingerprint density at radius 1 is 1.19 bits per heavy atom. The molecule has 0 aromatic rings. The minimum atomic E-state index is -1.38. The number of primary amides is 1. The maximum absolute atomic E-state index is 11.3. The van der Waals surface area contributed by atoms with Crippen LogP contribution < -0.4 is 5.73 Å². The number of thioether (sulfide) groups is 1. The molecule has 0 radical (unpaired) electrons. The van der Waals surface area contributed by atoms with Gasteiger partial charge in [-0.25, -0.2) is 4.79 Å². The van der Waals surface area contributed by atoms with Crippen LogP contribution in [-0.2, 0) is 19.1 Å². The first-order chi connectivity index (χ1) is 7.47. The zero-order chi connectivity index (χ0) is 12.7. The zero-order valence-electron chi connectivity index (χ0n) is 9.05. The summed E-state index contributed by atoms with van der Waals surface area (Å²) in [6, 6.07) is -0.998. The first-order valence-corrected chi connectivity index (χ1v) is 5.28. The molecule has 0 heterocycles. The van der Waals surface area contributed by atoms with Gasteiger partial charge in [-0.3, -0.25) is 9.59 Å². The van der Waals surface area contributed by atoms with E-state index < -0.39 is 23.9 Å². The fourth-order valence-electron chi connectivity index (χ4n) is 0.870. The SMILES string of the molecule is COC(=O)C(C(=O)OC)/C(=N\C(N)=O)SC. The lowest BCUT2D eigenvalue weighted by molar-refractivity contribution is -0.154. The molecule has 2 N–H and O–H groups in total. The molecule has 0 atom stereocenters. The lowest BCUT2D eigenvalue weighted by atomic mass is 10.2. The minimum Gasteiger partial charge on any atom is -0.468 e. The second-order valence-electron chi connectivity index (χ2n) is 2.47. The molecule has 2 amide bonds. The van der Waals surface area contributed by atoms with E-state index in [1.807, 2.05) is 0 Å². The van der Waals surface area contributed by atoms with Crippen LogP contribution in [0.25, 0.3) is 0 Å². The van der Waals surface area contributed by atoms with E-state index >= 15 is 0 Å². The number of nitrogens with zero attached hydrogens (tertiary/aromatic N) is 1. The Morgan fingerprint density at radius 2 is 1.62 bits per heavy atom. The van der Waals surface area contributed by atoms with Crippen molar-refractivity contribution in [1.82, 2.24) is 0 Å². The predicted molar refractivity (Wildman–Crippen MR) is 58.1 cm³/mol. The number of urea groups is 1. The molecule has 8 heteroatoms. The molecular weight excluding hydrogens is 236 g/mol. The van der Waals surface area contributed by atoms with Gasteiger partial charge < -0.3 is 15.2 Å². The molecule has 0 aliphatic rings. The van der Waals surface area contributed by atoms with Crippen molar-refractivity contribution in [2.75, 3.05) is 20.5 Å². The first-order valence-electron chi connectivity index (χ1n) is 4.05. The lowest BCUT2D eigenvalue weighted by Crippen LogP contribution is -2.33. The Kier molecular flexibility index (Phi) is 6.16. The van der Waals surface area contributed by atoms with Crippen molar-refractivity contribution in [3.63, 3.8) is 0 Å². The van der Waals surface area contributed by atoms with Gasteiger partial charge in [0.1, 0.15) is 5.04 Å². The third kappa shape index (κ3) is 3.89. The minimum absolute atomic E-state index is 0.0637. The number of aliphatic imine (C=N–C) groups is 1. The molecule has 0 saturated heterocycles. The Morgan fingerprint density at radius 3 is 1.88 bits per heavy atom. The summed E-state index contributed by atoms with van der Waals surface area (Å²) in [7, 11) is 2.22. The number of rotatable bonds is 3. The molecule has 7 nitrogen and oxygen atoms in total. The van der Waals surface area contributed by atoms with E-state index in [4.69, 9.17) is 5.73 Å². The van der Waals surface area contributed by atoms with Gasteiger partial charge in [-0.05, 0) is 6.26 Å². The van der Waals surface area contributed by atoms with E-state index in [0.717, 1.165) is 26.0 Å². The van der Waals surface area contributed by atoms with Crippen molar-refractivity contribution in [2.24, 2.45) is 16.6 Å². The van der Waals surface area contributed by atoms with Gasteiger partial charge in [0.15, 0.2) is 0 Å². The average molecular weight is 248 g/mol. The molecule has 0 unspecified atom stereocenters. The summed E-state index contributed by atoms with van der Waals surface area (Å²) in [4.78, 5) is 36.6. The van der Waals surface area contributed by atoms with Crippen LogP contribution in [0.3, 0.4) is 0 Å². The fourth-order valence-corrected chi connectivity index (χ4v) is 1.48. The molecule has 0 saturated carbocycles. The van der Waals surface area contributed by atoms with Crippen molar-refractivity contribution in [3.05, 3.63) is 0 Å². The molecule has 0 fully saturated rings. The number of amides is 2. The van der Waals surface area contributed by atoms with Gasteiger partial charge in [0, 0.05) is 0 Å². The van der Waals surface area contributed by atoms with E-state index in [9.17, 15) is 14.4 Å². The number of esters is 2. The van der Waals surface area contributed by atoms with Gasteiger partial charge in [-0.2, -0.15) is 4.99 Å². The zero-order valence-corrected chi connectivity index (χ0v) is 9.87. The summed E-state index contributed by atoms with van der Waals surface area (Å²) in [6.07, 6.45) is 1.54. The van der Waals surface area contributed by atoms with Crippen molar-refractivity contribution in [3.8, 4) is 0 Å². The van der Waals surface area contributed by atoms with Gasteiger partial charge >= 0.3 is 18.0 Å². The van der Waals surface area contributed by atoms with Crippen molar-refractivity contribution in [2.45, 2.75) is 0 Å². The number of hydrogen-bond donors (Lipinski definition) is 1. The van der Waals surface area contributed by atoms with Gasteiger partial charge in [0.25, 0.3) is 0 Å². The molecule has 0 bridgehead atoms. The molecular formula is C8H12N2O5S. The summed E-state index contributed by atoms with van der Waals surface area (Å²) in [5, 5.41) is -0.0637. The fraction of sp³-hybridized carbons (Fsp3) is 0.500. The second kappa shape index (κ2) is 6.83. The second-order valence-corrected chi connectivity index (χ2v) is 3.30. The quantitative estimate of drug-likeness (QED) is 0.320. The third-order valence-electron chi connectivity index (χ3n) is 1.55. The standard InChI is InChI=1S/C8H12N2O5S/c1-14-6(11)4(7(12)15-2)5(16-3)10-8(9)13/h4H,1-3H3,(H2,9,13)/b10-5+. The van der Waals surface area contributed by atoms with E-state index in [2.05, 4.69) is 14.5 Å². The maximum atomic E-state index is 11.3. The van der Waals surface area contributed by atoms with Crippen molar-refractivity contribution < 1.29 is 23.9 Å². The van der Waals surface area contributed by atoms with Crippen molar-refractivity contribution >= 4 is 34.8 Å². The van der Waals surface area contributed by atoms with Gasteiger partial charge in [0.05, 0.1) is 14.2 Å². The molecule has 0 spiro atoms. The smallest absolute Gasteiger partial charge is 0.339 e. The lowest BCUT2D eigenvalue weighted by Gasteiger charge is -2.12. The van der Waals surface area contributed by atoms with Crippen molar-refractivity contribution in [1.29, 1.82) is 0 Å². The Hall–Kier alpha value is -1.57. The first kappa shape index (κ1) is 14.4. The van der Waals surface area contributed by atoms with Gasteiger partial charge in [-0.1, -0.05) is 0 Å². The summed E-state index contributed by atoms with van der Waals surface area (Å²) in [6.45, 7) is 0. The Labute approximate surface area is 96.4 Å². The van der Waals surface area contributed by atoms with Crippen LogP contribution in [-0.4, -0.2) is 43.5 Å². The van der Waals surface area contributed by atoms with Gasteiger partial charge in [-0.15, -0.1) is 11.8 Å². The Bertz CT molecular complexity index is 312. The number of hydrogen-bond acceptors (Lipinski definition) is 6. The largest absolute Gasteiger partial charge is 0.468 e.